The monoisotopic (exact) mass is 435 g/mol. The van der Waals surface area contributed by atoms with Crippen molar-refractivity contribution in [2.75, 3.05) is 18.5 Å². The van der Waals surface area contributed by atoms with E-state index in [9.17, 15) is 4.79 Å². The number of nitrogens with one attached hydrogen (secondary N) is 1. The molecule has 1 aromatic heterocycles. The van der Waals surface area contributed by atoms with Gasteiger partial charge in [-0.05, 0) is 42.8 Å². The van der Waals surface area contributed by atoms with Crippen molar-refractivity contribution in [3.05, 3.63) is 65.2 Å². The summed E-state index contributed by atoms with van der Waals surface area (Å²) in [5.41, 5.74) is 6.73. The molecule has 0 radical (unpaired) electrons. The van der Waals surface area contributed by atoms with Gasteiger partial charge in [0.2, 0.25) is 5.82 Å². The van der Waals surface area contributed by atoms with Crippen LogP contribution in [0, 0.1) is 0 Å². The molecule has 3 N–H and O–H groups in total. The first-order valence-electron chi connectivity index (χ1n) is 9.07. The molecule has 0 atom stereocenters. The van der Waals surface area contributed by atoms with Gasteiger partial charge in [0.05, 0.1) is 10.7 Å². The second kappa shape index (κ2) is 10.8. The Hall–Kier alpha value is -2.61. The van der Waals surface area contributed by atoms with Crippen molar-refractivity contribution in [2.24, 2.45) is 5.73 Å². The second-order valence-electron chi connectivity index (χ2n) is 6.08. The molecule has 9 heteroatoms. The number of ether oxygens (including phenoxy) is 1. The van der Waals surface area contributed by atoms with Crippen molar-refractivity contribution >= 4 is 35.6 Å². The lowest BCUT2D eigenvalue weighted by Crippen LogP contribution is -2.14. The largest absolute Gasteiger partial charge is 0.492 e. The summed E-state index contributed by atoms with van der Waals surface area (Å²) in [6.45, 7) is 2.92. The molecule has 0 bridgehead atoms. The van der Waals surface area contributed by atoms with Crippen LogP contribution in [0.3, 0.4) is 0 Å². The van der Waals surface area contributed by atoms with E-state index in [1.54, 1.807) is 35.0 Å². The highest BCUT2D eigenvalue weighted by molar-refractivity contribution is 6.32. The van der Waals surface area contributed by atoms with Gasteiger partial charge in [0.15, 0.2) is 0 Å². The Balaban J connectivity index is 0.00000300. The molecule has 1 amide bonds. The maximum Gasteiger partial charge on any atom is 0.295 e. The lowest BCUT2D eigenvalue weighted by molar-refractivity contribution is 0.101. The first-order chi connectivity index (χ1) is 13.6. The summed E-state index contributed by atoms with van der Waals surface area (Å²) in [6.07, 6.45) is 1.55. The van der Waals surface area contributed by atoms with Crippen LogP contribution in [0.2, 0.25) is 5.02 Å². The number of rotatable bonds is 8. The molecule has 3 rings (SSSR count). The van der Waals surface area contributed by atoms with E-state index in [1.807, 2.05) is 25.1 Å². The van der Waals surface area contributed by atoms with Crippen LogP contribution in [-0.2, 0) is 6.42 Å². The van der Waals surface area contributed by atoms with E-state index in [1.165, 1.54) is 0 Å². The number of nitrogens with two attached hydrogens (primary N) is 1. The van der Waals surface area contributed by atoms with Crippen LogP contribution in [-0.4, -0.2) is 33.8 Å². The molecule has 2 aromatic carbocycles. The van der Waals surface area contributed by atoms with E-state index in [-0.39, 0.29) is 18.2 Å². The molecule has 29 heavy (non-hydrogen) atoms. The average molecular weight is 436 g/mol. The van der Waals surface area contributed by atoms with E-state index < -0.39 is 5.91 Å². The number of aryl methyl sites for hydroxylation is 1. The number of nitrogens with zero attached hydrogens (tertiary/aromatic N) is 3. The van der Waals surface area contributed by atoms with Gasteiger partial charge in [-0.1, -0.05) is 30.7 Å². The number of carbonyl (C=O) groups excluding carboxylic acids is 1. The quantitative estimate of drug-likeness (QED) is 0.559. The van der Waals surface area contributed by atoms with Crippen molar-refractivity contribution in [3.8, 4) is 11.4 Å². The standard InChI is InChI=1S/C20H22ClN5O2.ClH/c1-2-5-18-24-19(25-26(18)17-7-4-3-6-16(17)21)20(27)23-14-8-10-15(11-9-14)28-13-12-22;/h3-4,6-11H,2,5,12-13,22H2,1H3,(H,23,27);1H. The molecule has 0 spiro atoms. The number of aromatic nitrogens is 3. The Morgan fingerprint density at radius 1 is 1.21 bits per heavy atom. The Kier molecular flexibility index (Phi) is 8.45. The number of carbonyl (C=O) groups is 1. The smallest absolute Gasteiger partial charge is 0.295 e. The van der Waals surface area contributed by atoms with Crippen LogP contribution >= 0.6 is 24.0 Å². The Bertz CT molecular complexity index is 944. The number of anilines is 1. The molecule has 0 aliphatic carbocycles. The highest BCUT2D eigenvalue weighted by Crippen LogP contribution is 2.21. The van der Waals surface area contributed by atoms with Gasteiger partial charge in [0.25, 0.3) is 5.91 Å². The van der Waals surface area contributed by atoms with Crippen LogP contribution in [0.5, 0.6) is 5.75 Å². The zero-order valence-corrected chi connectivity index (χ0v) is 17.5. The first kappa shape index (κ1) is 22.7. The number of para-hydroxylation sites is 1. The van der Waals surface area contributed by atoms with Crippen molar-refractivity contribution in [2.45, 2.75) is 19.8 Å². The highest BCUT2D eigenvalue weighted by Gasteiger charge is 2.18. The Morgan fingerprint density at radius 3 is 2.59 bits per heavy atom. The van der Waals surface area contributed by atoms with E-state index in [0.717, 1.165) is 6.42 Å². The summed E-state index contributed by atoms with van der Waals surface area (Å²) in [4.78, 5) is 17.0. The summed E-state index contributed by atoms with van der Waals surface area (Å²) < 4.78 is 7.06. The SMILES string of the molecule is CCCc1nc(C(=O)Nc2ccc(OCCN)cc2)nn1-c1ccccc1Cl.Cl. The topological polar surface area (TPSA) is 95.1 Å². The van der Waals surface area contributed by atoms with Gasteiger partial charge in [-0.2, -0.15) is 0 Å². The lowest BCUT2D eigenvalue weighted by atomic mass is 10.3. The summed E-state index contributed by atoms with van der Waals surface area (Å²) in [7, 11) is 0. The number of amides is 1. The summed E-state index contributed by atoms with van der Waals surface area (Å²) >= 11 is 6.29. The van der Waals surface area contributed by atoms with Crippen molar-refractivity contribution < 1.29 is 9.53 Å². The fourth-order valence-corrected chi connectivity index (χ4v) is 2.86. The number of hydrogen-bond donors (Lipinski definition) is 2. The molecule has 0 aliphatic heterocycles. The third-order valence-corrected chi connectivity index (χ3v) is 4.25. The lowest BCUT2D eigenvalue weighted by Gasteiger charge is -2.07. The molecule has 0 unspecified atom stereocenters. The van der Waals surface area contributed by atoms with E-state index in [0.29, 0.717) is 47.5 Å². The third kappa shape index (κ3) is 5.69. The van der Waals surface area contributed by atoms with Gasteiger partial charge >= 0.3 is 0 Å². The molecular weight excluding hydrogens is 413 g/mol. The maximum absolute atomic E-state index is 12.6. The molecule has 0 fully saturated rings. The fraction of sp³-hybridized carbons (Fsp3) is 0.250. The minimum atomic E-state index is -0.390. The minimum absolute atomic E-state index is 0. The van der Waals surface area contributed by atoms with Gasteiger partial charge < -0.3 is 15.8 Å². The summed E-state index contributed by atoms with van der Waals surface area (Å²) in [5.74, 6) is 1.08. The van der Waals surface area contributed by atoms with Gasteiger partial charge in [-0.25, -0.2) is 9.67 Å². The predicted molar refractivity (Wildman–Crippen MR) is 117 cm³/mol. The van der Waals surface area contributed by atoms with Gasteiger partial charge in [-0.15, -0.1) is 17.5 Å². The van der Waals surface area contributed by atoms with Gasteiger partial charge in [-0.3, -0.25) is 4.79 Å². The Labute approximate surface area is 180 Å². The van der Waals surface area contributed by atoms with Gasteiger partial charge in [0.1, 0.15) is 18.2 Å². The highest BCUT2D eigenvalue weighted by atomic mass is 35.5. The van der Waals surface area contributed by atoms with Crippen LogP contribution in [0.4, 0.5) is 5.69 Å². The van der Waals surface area contributed by atoms with Crippen molar-refractivity contribution in [1.29, 1.82) is 0 Å². The first-order valence-corrected chi connectivity index (χ1v) is 9.45. The normalized spacial score (nSPS) is 10.3. The van der Waals surface area contributed by atoms with Crippen LogP contribution < -0.4 is 15.8 Å². The van der Waals surface area contributed by atoms with E-state index in [2.05, 4.69) is 15.4 Å². The summed E-state index contributed by atoms with van der Waals surface area (Å²) in [5, 5.41) is 7.73. The third-order valence-electron chi connectivity index (χ3n) is 3.93. The van der Waals surface area contributed by atoms with Crippen molar-refractivity contribution in [3.63, 3.8) is 0 Å². The van der Waals surface area contributed by atoms with Gasteiger partial charge in [0, 0.05) is 18.7 Å². The minimum Gasteiger partial charge on any atom is -0.492 e. The zero-order chi connectivity index (χ0) is 19.9. The Morgan fingerprint density at radius 2 is 1.93 bits per heavy atom. The van der Waals surface area contributed by atoms with Crippen LogP contribution in [0.25, 0.3) is 5.69 Å². The second-order valence-corrected chi connectivity index (χ2v) is 6.49. The molecule has 1 heterocycles. The van der Waals surface area contributed by atoms with Crippen LogP contribution in [0.1, 0.15) is 29.8 Å². The predicted octanol–water partition coefficient (Wildman–Crippen LogP) is 3.88. The van der Waals surface area contributed by atoms with E-state index >= 15 is 0 Å². The van der Waals surface area contributed by atoms with Crippen molar-refractivity contribution in [1.82, 2.24) is 14.8 Å². The molecular formula is C20H23Cl2N5O2. The molecule has 154 valence electrons. The fourth-order valence-electron chi connectivity index (χ4n) is 2.64. The molecule has 0 aliphatic rings. The molecule has 7 nitrogen and oxygen atoms in total. The van der Waals surface area contributed by atoms with Crippen LogP contribution in [0.15, 0.2) is 48.5 Å². The number of benzene rings is 2. The zero-order valence-electron chi connectivity index (χ0n) is 16.0. The molecule has 0 saturated heterocycles. The maximum atomic E-state index is 12.6. The van der Waals surface area contributed by atoms with E-state index in [4.69, 9.17) is 22.1 Å². The average Bonchev–Trinajstić information content (AvgIpc) is 3.12. The number of hydrogen-bond acceptors (Lipinski definition) is 5. The summed E-state index contributed by atoms with van der Waals surface area (Å²) in [6, 6.07) is 14.4. The number of halogens is 2. The molecule has 0 saturated carbocycles. The molecule has 3 aromatic rings.